The van der Waals surface area contributed by atoms with Crippen LogP contribution < -0.4 is 4.72 Å². The zero-order valence-electron chi connectivity index (χ0n) is 10.2. The van der Waals surface area contributed by atoms with Crippen LogP contribution in [0.1, 0.15) is 30.1 Å². The van der Waals surface area contributed by atoms with Crippen molar-refractivity contribution in [3.63, 3.8) is 0 Å². The van der Waals surface area contributed by atoms with E-state index in [2.05, 4.69) is 4.72 Å². The van der Waals surface area contributed by atoms with Gasteiger partial charge in [0.15, 0.2) is 0 Å². The van der Waals surface area contributed by atoms with Gasteiger partial charge in [-0.2, -0.15) is 0 Å². The third kappa shape index (κ3) is 2.73. The fraction of sp³-hybridized carbons (Fsp3) is 0.545. The first kappa shape index (κ1) is 13.5. The Kier molecular flexibility index (Phi) is 4.04. The number of carbonyl (C=O) groups excluding carboxylic acids is 1. The molecule has 1 aromatic rings. The Bertz CT molecular complexity index is 530. The van der Waals surface area contributed by atoms with Crippen molar-refractivity contribution in [3.8, 4) is 0 Å². The molecule has 1 saturated heterocycles. The first-order valence-corrected chi connectivity index (χ1v) is 8.28. The number of nitrogens with one attached hydrogen (secondary N) is 1. The zero-order chi connectivity index (χ0) is 13.2. The van der Waals surface area contributed by atoms with Crippen molar-refractivity contribution >= 4 is 27.3 Å². The molecule has 0 bridgehead atoms. The fourth-order valence-corrected chi connectivity index (χ4v) is 4.17. The molecule has 0 atom stereocenters. The first-order chi connectivity index (χ1) is 8.54. The highest BCUT2D eigenvalue weighted by Gasteiger charge is 2.23. The molecule has 0 spiro atoms. The largest absolute Gasteiger partial charge is 0.339 e. The van der Waals surface area contributed by atoms with Crippen LogP contribution in [0.3, 0.4) is 0 Å². The average Bonchev–Trinajstić information content (AvgIpc) is 3.00. The van der Waals surface area contributed by atoms with Crippen LogP contribution in [-0.2, 0) is 10.0 Å². The maximum atomic E-state index is 12.1. The molecule has 0 unspecified atom stereocenters. The highest BCUT2D eigenvalue weighted by molar-refractivity contribution is 7.91. The molecule has 7 heteroatoms. The number of likely N-dealkylation sites (tertiary alicyclic amines) is 1. The molecule has 2 rings (SSSR count). The van der Waals surface area contributed by atoms with E-state index < -0.39 is 10.0 Å². The quantitative estimate of drug-likeness (QED) is 0.907. The second-order valence-electron chi connectivity index (χ2n) is 4.16. The van der Waals surface area contributed by atoms with Gasteiger partial charge >= 0.3 is 0 Å². The van der Waals surface area contributed by atoms with E-state index in [1.165, 1.54) is 6.07 Å². The molecule has 0 saturated carbocycles. The molecule has 1 fully saturated rings. The van der Waals surface area contributed by atoms with E-state index in [1.54, 1.807) is 17.2 Å². The number of hydrogen-bond donors (Lipinski definition) is 1. The van der Waals surface area contributed by atoms with Crippen molar-refractivity contribution in [1.29, 1.82) is 0 Å². The van der Waals surface area contributed by atoms with Crippen LogP contribution in [0.25, 0.3) is 0 Å². The van der Waals surface area contributed by atoms with E-state index in [-0.39, 0.29) is 10.1 Å². The normalized spacial score (nSPS) is 16.2. The minimum absolute atomic E-state index is 0.0679. The lowest BCUT2D eigenvalue weighted by Gasteiger charge is -2.13. The molecule has 1 aliphatic rings. The molecule has 0 aromatic carbocycles. The van der Waals surface area contributed by atoms with Gasteiger partial charge in [-0.25, -0.2) is 13.1 Å². The molecular formula is C11H16N2O3S2. The van der Waals surface area contributed by atoms with Gasteiger partial charge in [0.25, 0.3) is 5.91 Å². The maximum Gasteiger partial charge on any atom is 0.254 e. The third-order valence-electron chi connectivity index (χ3n) is 2.81. The minimum atomic E-state index is -3.45. The summed E-state index contributed by atoms with van der Waals surface area (Å²) in [5, 5.41) is 1.62. The number of sulfonamides is 1. The van der Waals surface area contributed by atoms with Crippen LogP contribution in [0.4, 0.5) is 0 Å². The Morgan fingerprint density at radius 3 is 2.72 bits per heavy atom. The van der Waals surface area contributed by atoms with E-state index in [4.69, 9.17) is 0 Å². The van der Waals surface area contributed by atoms with Gasteiger partial charge in [-0.3, -0.25) is 4.79 Å². The van der Waals surface area contributed by atoms with Gasteiger partial charge in [0.1, 0.15) is 4.21 Å². The molecule has 0 radical (unpaired) electrons. The molecule has 0 aliphatic carbocycles. The number of carbonyl (C=O) groups is 1. The first-order valence-electron chi connectivity index (χ1n) is 5.92. The molecule has 5 nitrogen and oxygen atoms in total. The summed E-state index contributed by atoms with van der Waals surface area (Å²) in [4.78, 5) is 13.8. The van der Waals surface area contributed by atoms with E-state index in [0.29, 0.717) is 12.1 Å². The second kappa shape index (κ2) is 5.38. The van der Waals surface area contributed by atoms with E-state index in [9.17, 15) is 13.2 Å². The summed E-state index contributed by atoms with van der Waals surface area (Å²) >= 11 is 1.09. The predicted octanol–water partition coefficient (Wildman–Crippen LogP) is 1.28. The lowest BCUT2D eigenvalue weighted by Crippen LogP contribution is -2.27. The maximum absolute atomic E-state index is 12.1. The van der Waals surface area contributed by atoms with Crippen LogP contribution >= 0.6 is 11.3 Å². The van der Waals surface area contributed by atoms with Crippen molar-refractivity contribution < 1.29 is 13.2 Å². The molecule has 1 aromatic heterocycles. The summed E-state index contributed by atoms with van der Waals surface area (Å²) in [5.41, 5.74) is 0.471. The van der Waals surface area contributed by atoms with Gasteiger partial charge in [0, 0.05) is 25.0 Å². The van der Waals surface area contributed by atoms with Crippen molar-refractivity contribution in [2.75, 3.05) is 19.6 Å². The summed E-state index contributed by atoms with van der Waals surface area (Å²) in [6, 6.07) is 1.46. The van der Waals surface area contributed by atoms with Crippen LogP contribution in [0.2, 0.25) is 0 Å². The summed E-state index contributed by atoms with van der Waals surface area (Å²) in [7, 11) is -3.45. The number of thiophene rings is 1. The number of rotatable bonds is 4. The van der Waals surface area contributed by atoms with Gasteiger partial charge < -0.3 is 4.90 Å². The van der Waals surface area contributed by atoms with Crippen LogP contribution in [-0.4, -0.2) is 38.9 Å². The van der Waals surface area contributed by atoms with Crippen molar-refractivity contribution in [1.82, 2.24) is 9.62 Å². The molecule has 1 amide bonds. The van der Waals surface area contributed by atoms with Crippen molar-refractivity contribution in [3.05, 3.63) is 17.0 Å². The van der Waals surface area contributed by atoms with Gasteiger partial charge in [0.05, 0.1) is 5.56 Å². The Balaban J connectivity index is 2.17. The standard InChI is InChI=1S/C11H16N2O3S2/c1-2-12-18(15,16)10-7-9(8-17-10)11(14)13-5-3-4-6-13/h7-8,12H,2-6H2,1H3. The SMILES string of the molecule is CCNS(=O)(=O)c1cc(C(=O)N2CCCC2)cs1. The Hall–Kier alpha value is -0.920. The van der Waals surface area contributed by atoms with Crippen molar-refractivity contribution in [2.24, 2.45) is 0 Å². The smallest absolute Gasteiger partial charge is 0.254 e. The average molecular weight is 288 g/mol. The number of nitrogens with zero attached hydrogens (tertiary/aromatic N) is 1. The Morgan fingerprint density at radius 1 is 1.44 bits per heavy atom. The van der Waals surface area contributed by atoms with E-state index in [0.717, 1.165) is 37.3 Å². The van der Waals surface area contributed by atoms with E-state index >= 15 is 0 Å². The number of amides is 1. The van der Waals surface area contributed by atoms with E-state index in [1.807, 2.05) is 0 Å². The molecular weight excluding hydrogens is 272 g/mol. The van der Waals surface area contributed by atoms with Crippen LogP contribution in [0, 0.1) is 0 Å². The van der Waals surface area contributed by atoms with Crippen LogP contribution in [0.5, 0.6) is 0 Å². The molecule has 1 N–H and O–H groups in total. The topological polar surface area (TPSA) is 66.5 Å². The molecule has 1 aliphatic heterocycles. The van der Waals surface area contributed by atoms with Crippen molar-refractivity contribution in [2.45, 2.75) is 24.0 Å². The highest BCUT2D eigenvalue weighted by atomic mass is 32.2. The molecule has 2 heterocycles. The predicted molar refractivity (Wildman–Crippen MR) is 70.3 cm³/mol. The summed E-state index contributed by atoms with van der Waals surface area (Å²) in [5.74, 6) is -0.0679. The van der Waals surface area contributed by atoms with Gasteiger partial charge in [-0.05, 0) is 18.9 Å². The zero-order valence-corrected chi connectivity index (χ0v) is 11.8. The Morgan fingerprint density at radius 2 is 2.11 bits per heavy atom. The summed E-state index contributed by atoms with van der Waals surface area (Å²) < 4.78 is 26.1. The summed E-state index contributed by atoms with van der Waals surface area (Å²) in [6.07, 6.45) is 2.05. The number of hydrogen-bond acceptors (Lipinski definition) is 4. The monoisotopic (exact) mass is 288 g/mol. The van der Waals surface area contributed by atoms with Gasteiger partial charge in [-0.15, -0.1) is 11.3 Å². The molecule has 18 heavy (non-hydrogen) atoms. The van der Waals surface area contributed by atoms with Gasteiger partial charge in [-0.1, -0.05) is 6.92 Å². The fourth-order valence-electron chi connectivity index (χ4n) is 1.93. The second-order valence-corrected chi connectivity index (χ2v) is 7.06. The lowest BCUT2D eigenvalue weighted by molar-refractivity contribution is 0.0793. The Labute approximate surface area is 111 Å². The summed E-state index contributed by atoms with van der Waals surface area (Å²) in [6.45, 7) is 3.60. The lowest BCUT2D eigenvalue weighted by atomic mass is 10.3. The highest BCUT2D eigenvalue weighted by Crippen LogP contribution is 2.22. The van der Waals surface area contributed by atoms with Crippen LogP contribution in [0.15, 0.2) is 15.7 Å². The molecule has 100 valence electrons. The van der Waals surface area contributed by atoms with Gasteiger partial charge in [0.2, 0.25) is 10.0 Å². The minimum Gasteiger partial charge on any atom is -0.339 e. The third-order valence-corrected chi connectivity index (χ3v) is 5.80.